The monoisotopic (exact) mass is 429 g/mol. The first-order chi connectivity index (χ1) is 15.4. The van der Waals surface area contributed by atoms with E-state index in [1.807, 2.05) is 24.3 Å². The van der Waals surface area contributed by atoms with E-state index < -0.39 is 30.0 Å². The summed E-state index contributed by atoms with van der Waals surface area (Å²) in [5, 5.41) is 15.5. The molecule has 9 heteroatoms. The van der Waals surface area contributed by atoms with E-state index in [-0.39, 0.29) is 23.8 Å². The summed E-state index contributed by atoms with van der Waals surface area (Å²) >= 11 is 0. The predicted octanol–water partition coefficient (Wildman–Crippen LogP) is 0.734. The highest BCUT2D eigenvalue weighted by atomic mass is 16.3. The minimum atomic E-state index is -1.51. The molecular formula is C23H19N5O4. The van der Waals surface area contributed by atoms with Crippen molar-refractivity contribution in [3.63, 3.8) is 0 Å². The fourth-order valence-electron chi connectivity index (χ4n) is 6.03. The van der Waals surface area contributed by atoms with E-state index in [1.165, 1.54) is 4.57 Å². The Hall–Kier alpha value is -3.56. The zero-order valence-electron chi connectivity index (χ0n) is 17.1. The molecule has 2 fully saturated rings. The summed E-state index contributed by atoms with van der Waals surface area (Å²) < 4.78 is 1.42. The third kappa shape index (κ3) is 1.88. The number of amides is 2. The molecule has 0 unspecified atom stereocenters. The minimum absolute atomic E-state index is 0.0485. The molecule has 2 saturated heterocycles. The largest absolute Gasteiger partial charge is 0.381 e. The zero-order valence-corrected chi connectivity index (χ0v) is 17.1. The van der Waals surface area contributed by atoms with Gasteiger partial charge in [-0.05, 0) is 25.1 Å². The molecule has 8 rings (SSSR count). The molecule has 2 aromatic carbocycles. The number of fused-ring (bicyclic) bond motifs is 4. The van der Waals surface area contributed by atoms with Crippen LogP contribution < -0.4 is 15.8 Å². The summed E-state index contributed by atoms with van der Waals surface area (Å²) in [5.74, 6) is -0.137. The molecule has 5 aliphatic heterocycles. The van der Waals surface area contributed by atoms with Crippen LogP contribution in [0.5, 0.6) is 0 Å². The number of hydrogen-bond acceptors (Lipinski definition) is 6. The van der Waals surface area contributed by atoms with Crippen LogP contribution in [0, 0.1) is 0 Å². The Morgan fingerprint density at radius 1 is 1.09 bits per heavy atom. The van der Waals surface area contributed by atoms with Gasteiger partial charge in [0.25, 0.3) is 5.56 Å². The van der Waals surface area contributed by atoms with Crippen LogP contribution in [0.1, 0.15) is 36.9 Å². The fourth-order valence-corrected chi connectivity index (χ4v) is 6.03. The van der Waals surface area contributed by atoms with Crippen molar-refractivity contribution in [2.45, 2.75) is 43.4 Å². The highest BCUT2D eigenvalue weighted by Gasteiger charge is 2.66. The van der Waals surface area contributed by atoms with Crippen LogP contribution >= 0.6 is 0 Å². The molecule has 0 spiro atoms. The SMILES string of the molecule is C[C@H]1C(=O)N2c3ccccc3[C@@]3(O)C[C@H]4C(=O)N[C@H](c5nc6ccccc6c(=O)n54)N1[C@H]23. The number of rotatable bonds is 0. The number of benzene rings is 2. The molecule has 2 N–H and O–H groups in total. The fraction of sp³-hybridized carbons (Fsp3) is 0.304. The summed E-state index contributed by atoms with van der Waals surface area (Å²) in [6, 6.07) is 12.7. The van der Waals surface area contributed by atoms with Crippen molar-refractivity contribution in [2.75, 3.05) is 4.90 Å². The molecule has 5 aliphatic rings. The van der Waals surface area contributed by atoms with Crippen molar-refractivity contribution in [1.82, 2.24) is 19.8 Å². The van der Waals surface area contributed by atoms with Gasteiger partial charge in [0.05, 0.1) is 22.6 Å². The van der Waals surface area contributed by atoms with Crippen LogP contribution in [-0.4, -0.2) is 43.6 Å². The molecular weight excluding hydrogens is 410 g/mol. The number of carbonyl (C=O) groups excluding carboxylic acids is 2. The van der Waals surface area contributed by atoms with E-state index in [2.05, 4.69) is 5.32 Å². The third-order valence-corrected chi connectivity index (χ3v) is 7.40. The van der Waals surface area contributed by atoms with Gasteiger partial charge in [-0.15, -0.1) is 0 Å². The number of anilines is 1. The molecule has 5 atom stereocenters. The molecule has 1 aromatic heterocycles. The second kappa shape index (κ2) is 5.62. The second-order valence-corrected chi connectivity index (χ2v) is 8.94. The highest BCUT2D eigenvalue weighted by molar-refractivity contribution is 6.03. The van der Waals surface area contributed by atoms with Crippen molar-refractivity contribution in [3.05, 3.63) is 70.3 Å². The standard InChI is InChI=1S/C23H19N5O4/c1-11-20(30)28-15-9-5-3-7-13(15)23(32)10-16-19(29)25-18(26(11)22(23)28)17-24-14-8-4-2-6-12(14)21(31)27(16)17/h2-9,11,16,18,22,32H,10H2,1H3,(H,25,29)/t11-,16-,18-,22+,23-/m0/s1. The van der Waals surface area contributed by atoms with Crippen molar-refractivity contribution in [1.29, 1.82) is 0 Å². The lowest BCUT2D eigenvalue weighted by Crippen LogP contribution is -2.63. The number of para-hydroxylation sites is 2. The summed E-state index contributed by atoms with van der Waals surface area (Å²) in [5.41, 5.74) is -0.0647. The number of aliphatic hydroxyl groups is 1. The highest BCUT2D eigenvalue weighted by Crippen LogP contribution is 2.55. The maximum atomic E-state index is 13.5. The lowest BCUT2D eigenvalue weighted by molar-refractivity contribution is -0.144. The minimum Gasteiger partial charge on any atom is -0.381 e. The molecule has 160 valence electrons. The van der Waals surface area contributed by atoms with Gasteiger partial charge in [-0.3, -0.25) is 23.9 Å². The summed E-state index contributed by atoms with van der Waals surface area (Å²) in [7, 11) is 0. The van der Waals surface area contributed by atoms with Crippen molar-refractivity contribution < 1.29 is 14.7 Å². The summed E-state index contributed by atoms with van der Waals surface area (Å²) in [4.78, 5) is 48.3. The van der Waals surface area contributed by atoms with Gasteiger partial charge in [0.2, 0.25) is 11.8 Å². The molecule has 3 aromatic rings. The van der Waals surface area contributed by atoms with Gasteiger partial charge in [0.1, 0.15) is 24.0 Å². The topological polar surface area (TPSA) is 108 Å². The number of nitrogens with zero attached hydrogens (tertiary/aromatic N) is 4. The van der Waals surface area contributed by atoms with Crippen LogP contribution in [0.25, 0.3) is 10.9 Å². The van der Waals surface area contributed by atoms with Crippen LogP contribution in [0.4, 0.5) is 5.69 Å². The predicted molar refractivity (Wildman–Crippen MR) is 113 cm³/mol. The normalized spacial score (nSPS) is 32.4. The Labute approximate surface area is 181 Å². The maximum Gasteiger partial charge on any atom is 0.262 e. The van der Waals surface area contributed by atoms with Crippen LogP contribution in [0.15, 0.2) is 53.3 Å². The number of carbonyl (C=O) groups is 2. The zero-order chi connectivity index (χ0) is 21.9. The number of hydrogen-bond donors (Lipinski definition) is 2. The quantitative estimate of drug-likeness (QED) is 0.546. The van der Waals surface area contributed by atoms with E-state index in [4.69, 9.17) is 4.98 Å². The van der Waals surface area contributed by atoms with Gasteiger partial charge < -0.3 is 10.4 Å². The van der Waals surface area contributed by atoms with Crippen LogP contribution in [0.3, 0.4) is 0 Å². The molecule has 2 amide bonds. The average molecular weight is 429 g/mol. The second-order valence-electron chi connectivity index (χ2n) is 8.94. The molecule has 0 saturated carbocycles. The van der Waals surface area contributed by atoms with Gasteiger partial charge in [0.15, 0.2) is 5.82 Å². The summed E-state index contributed by atoms with van der Waals surface area (Å²) in [6.45, 7) is 1.76. The van der Waals surface area contributed by atoms with Crippen molar-refractivity contribution in [3.8, 4) is 0 Å². The molecule has 0 aliphatic carbocycles. The Bertz CT molecular complexity index is 1430. The van der Waals surface area contributed by atoms with Gasteiger partial charge in [-0.25, -0.2) is 9.88 Å². The van der Waals surface area contributed by atoms with Gasteiger partial charge >= 0.3 is 0 Å². The van der Waals surface area contributed by atoms with E-state index in [0.717, 1.165) is 0 Å². The maximum absolute atomic E-state index is 13.5. The van der Waals surface area contributed by atoms with E-state index >= 15 is 0 Å². The average Bonchev–Trinajstić information content (AvgIpc) is 3.19. The summed E-state index contributed by atoms with van der Waals surface area (Å²) in [6.07, 6.45) is -1.58. The van der Waals surface area contributed by atoms with Gasteiger partial charge in [-0.2, -0.15) is 0 Å². The van der Waals surface area contributed by atoms with Crippen LogP contribution in [0.2, 0.25) is 0 Å². The smallest absolute Gasteiger partial charge is 0.262 e. The van der Waals surface area contributed by atoms with Gasteiger partial charge in [0, 0.05) is 12.0 Å². The first-order valence-electron chi connectivity index (χ1n) is 10.7. The molecule has 6 heterocycles. The first-order valence-corrected chi connectivity index (χ1v) is 10.7. The van der Waals surface area contributed by atoms with Crippen molar-refractivity contribution in [2.24, 2.45) is 0 Å². The molecule has 32 heavy (non-hydrogen) atoms. The molecule has 9 nitrogen and oxygen atoms in total. The Morgan fingerprint density at radius 3 is 2.69 bits per heavy atom. The molecule has 0 radical (unpaired) electrons. The van der Waals surface area contributed by atoms with E-state index in [0.29, 0.717) is 28.0 Å². The Balaban J connectivity index is 1.58. The Kier molecular flexibility index (Phi) is 3.17. The molecule has 2 bridgehead atoms. The third-order valence-electron chi connectivity index (χ3n) is 7.40. The number of nitrogens with one attached hydrogen (secondary N) is 1. The number of aromatic nitrogens is 2. The van der Waals surface area contributed by atoms with Crippen LogP contribution in [-0.2, 0) is 15.2 Å². The van der Waals surface area contributed by atoms with E-state index in [1.54, 1.807) is 41.0 Å². The van der Waals surface area contributed by atoms with Gasteiger partial charge in [-0.1, -0.05) is 30.3 Å². The first kappa shape index (κ1) is 18.1. The Morgan fingerprint density at radius 2 is 1.84 bits per heavy atom. The van der Waals surface area contributed by atoms with Crippen molar-refractivity contribution >= 4 is 28.4 Å². The lowest BCUT2D eigenvalue weighted by Gasteiger charge is -2.48. The van der Waals surface area contributed by atoms with E-state index in [9.17, 15) is 19.5 Å². The lowest BCUT2D eigenvalue weighted by atomic mass is 9.83.